The average Bonchev–Trinajstić information content (AvgIpc) is 2.74. The lowest BCUT2D eigenvalue weighted by atomic mass is 10.1. The van der Waals surface area contributed by atoms with Crippen LogP contribution in [0.5, 0.6) is 0 Å². The molecule has 1 N–H and O–H groups in total. The number of nitrogens with zero attached hydrogens (tertiary/aromatic N) is 2. The molecule has 3 nitrogen and oxygen atoms in total. The number of thiophene rings is 1. The average molecular weight is 285 g/mol. The number of hydrogen-bond acceptors (Lipinski definition) is 4. The molecule has 2 heterocycles. The van der Waals surface area contributed by atoms with Crippen LogP contribution in [0.1, 0.15) is 33.5 Å². The van der Waals surface area contributed by atoms with E-state index < -0.39 is 0 Å². The normalized spacial score (nSPS) is 11.9. The number of aromatic nitrogens is 1. The van der Waals surface area contributed by atoms with Crippen LogP contribution in [0.2, 0.25) is 0 Å². The Hall–Kier alpha value is -1.86. The zero-order chi connectivity index (χ0) is 14.7. The summed E-state index contributed by atoms with van der Waals surface area (Å²) in [6, 6.07) is 8.73. The molecular weight excluding hydrogens is 266 g/mol. The van der Waals surface area contributed by atoms with Gasteiger partial charge in [0.1, 0.15) is 11.9 Å². The van der Waals surface area contributed by atoms with Gasteiger partial charge < -0.3 is 5.32 Å². The van der Waals surface area contributed by atoms with Crippen molar-refractivity contribution in [3.8, 4) is 6.07 Å². The van der Waals surface area contributed by atoms with Crippen molar-refractivity contribution < 1.29 is 0 Å². The van der Waals surface area contributed by atoms with Crippen molar-refractivity contribution in [1.29, 1.82) is 5.26 Å². The van der Waals surface area contributed by atoms with Crippen LogP contribution in [0.25, 0.3) is 0 Å². The highest BCUT2D eigenvalue weighted by Crippen LogP contribution is 2.21. The van der Waals surface area contributed by atoms with E-state index in [1.54, 1.807) is 0 Å². The zero-order valence-corrected chi connectivity index (χ0v) is 13.1. The molecule has 2 aromatic rings. The van der Waals surface area contributed by atoms with E-state index in [0.717, 1.165) is 17.7 Å². The van der Waals surface area contributed by atoms with Gasteiger partial charge in [0.15, 0.2) is 0 Å². The second-order valence-electron chi connectivity index (χ2n) is 5.18. The second-order valence-corrected chi connectivity index (χ2v) is 6.55. The molecule has 0 spiro atoms. The Bertz CT molecular complexity index is 652. The Balaban J connectivity index is 2.15. The van der Waals surface area contributed by atoms with E-state index in [9.17, 15) is 5.26 Å². The summed E-state index contributed by atoms with van der Waals surface area (Å²) in [4.78, 5) is 7.14. The molecular formula is C16H19N3S. The first-order chi connectivity index (χ1) is 9.49. The van der Waals surface area contributed by atoms with Crippen LogP contribution >= 0.6 is 11.3 Å². The highest BCUT2D eigenvalue weighted by Gasteiger charge is 2.12. The molecule has 0 aliphatic carbocycles. The Labute approximate surface area is 124 Å². The largest absolute Gasteiger partial charge is 0.366 e. The number of nitriles is 1. The van der Waals surface area contributed by atoms with Crippen LogP contribution in [0.15, 0.2) is 18.2 Å². The summed E-state index contributed by atoms with van der Waals surface area (Å²) in [7, 11) is 0. The van der Waals surface area contributed by atoms with Crippen molar-refractivity contribution >= 4 is 17.2 Å². The summed E-state index contributed by atoms with van der Waals surface area (Å²) in [6.45, 7) is 8.14. The minimum atomic E-state index is 0.244. The third-order valence-electron chi connectivity index (χ3n) is 3.14. The quantitative estimate of drug-likeness (QED) is 0.924. The minimum absolute atomic E-state index is 0.244. The van der Waals surface area contributed by atoms with Gasteiger partial charge in [0.25, 0.3) is 0 Å². The van der Waals surface area contributed by atoms with Crippen LogP contribution in [0.3, 0.4) is 0 Å². The molecule has 1 unspecified atom stereocenters. The monoisotopic (exact) mass is 285 g/mol. The van der Waals surface area contributed by atoms with Crippen LogP contribution in [-0.2, 0) is 6.42 Å². The fraction of sp³-hybridized carbons (Fsp3) is 0.375. The number of hydrogen-bond donors (Lipinski definition) is 1. The molecule has 104 valence electrons. The van der Waals surface area contributed by atoms with Crippen molar-refractivity contribution in [3.05, 3.63) is 44.8 Å². The minimum Gasteiger partial charge on any atom is -0.366 e. The van der Waals surface area contributed by atoms with Gasteiger partial charge in [0.05, 0.1) is 5.56 Å². The molecule has 4 heteroatoms. The Kier molecular flexibility index (Phi) is 4.41. The van der Waals surface area contributed by atoms with Crippen LogP contribution in [0.4, 0.5) is 5.82 Å². The Morgan fingerprint density at radius 2 is 2.10 bits per heavy atom. The Morgan fingerprint density at radius 1 is 1.35 bits per heavy atom. The number of rotatable bonds is 4. The number of nitrogens with one attached hydrogen (secondary N) is 1. The molecule has 0 saturated heterocycles. The van der Waals surface area contributed by atoms with Crippen molar-refractivity contribution in [2.75, 3.05) is 5.32 Å². The summed E-state index contributed by atoms with van der Waals surface area (Å²) in [5, 5.41) is 12.6. The lowest BCUT2D eigenvalue weighted by Gasteiger charge is -2.16. The van der Waals surface area contributed by atoms with Gasteiger partial charge >= 0.3 is 0 Å². The van der Waals surface area contributed by atoms with Gasteiger partial charge in [-0.3, -0.25) is 0 Å². The van der Waals surface area contributed by atoms with Gasteiger partial charge in [-0.1, -0.05) is 0 Å². The predicted octanol–water partition coefficient (Wildman–Crippen LogP) is 3.98. The molecule has 0 radical (unpaired) electrons. The van der Waals surface area contributed by atoms with Crippen LogP contribution in [-0.4, -0.2) is 11.0 Å². The van der Waals surface area contributed by atoms with Crippen LogP contribution < -0.4 is 5.32 Å². The van der Waals surface area contributed by atoms with Gasteiger partial charge in [0.2, 0.25) is 0 Å². The van der Waals surface area contributed by atoms with E-state index in [2.05, 4.69) is 42.4 Å². The molecule has 0 aliphatic rings. The maximum Gasteiger partial charge on any atom is 0.144 e. The van der Waals surface area contributed by atoms with E-state index in [1.807, 2.05) is 31.3 Å². The lowest BCUT2D eigenvalue weighted by molar-refractivity contribution is 0.792. The highest BCUT2D eigenvalue weighted by atomic mass is 32.1. The van der Waals surface area contributed by atoms with Crippen molar-refractivity contribution in [3.63, 3.8) is 0 Å². The van der Waals surface area contributed by atoms with Crippen LogP contribution in [0, 0.1) is 32.1 Å². The summed E-state index contributed by atoms with van der Waals surface area (Å²) in [5.41, 5.74) is 2.55. The Morgan fingerprint density at radius 3 is 2.70 bits per heavy atom. The number of anilines is 1. The van der Waals surface area contributed by atoms with E-state index >= 15 is 0 Å². The molecule has 0 amide bonds. The van der Waals surface area contributed by atoms with E-state index in [4.69, 9.17) is 0 Å². The van der Waals surface area contributed by atoms with Gasteiger partial charge in [-0.05, 0) is 51.5 Å². The molecule has 0 aliphatic heterocycles. The maximum atomic E-state index is 9.27. The zero-order valence-electron chi connectivity index (χ0n) is 12.3. The second kappa shape index (κ2) is 6.06. The predicted molar refractivity (Wildman–Crippen MR) is 84.3 cm³/mol. The number of aryl methyl sites for hydroxylation is 3. The molecule has 0 bridgehead atoms. The first-order valence-electron chi connectivity index (χ1n) is 6.69. The van der Waals surface area contributed by atoms with Gasteiger partial charge in [-0.25, -0.2) is 4.98 Å². The molecule has 0 fully saturated rings. The van der Waals surface area contributed by atoms with E-state index in [1.165, 1.54) is 9.75 Å². The molecule has 0 saturated carbocycles. The fourth-order valence-corrected chi connectivity index (χ4v) is 3.28. The number of pyridine rings is 1. The fourth-order valence-electron chi connectivity index (χ4n) is 2.26. The first-order valence-corrected chi connectivity index (χ1v) is 7.51. The third kappa shape index (κ3) is 3.37. The highest BCUT2D eigenvalue weighted by molar-refractivity contribution is 7.11. The smallest absolute Gasteiger partial charge is 0.144 e. The van der Waals surface area contributed by atoms with Gasteiger partial charge in [0, 0.05) is 27.9 Å². The summed E-state index contributed by atoms with van der Waals surface area (Å²) >= 11 is 1.82. The van der Waals surface area contributed by atoms with Gasteiger partial charge in [-0.15, -0.1) is 11.3 Å². The summed E-state index contributed by atoms with van der Waals surface area (Å²) in [5.74, 6) is 0.700. The van der Waals surface area contributed by atoms with Crippen molar-refractivity contribution in [2.24, 2.45) is 0 Å². The van der Waals surface area contributed by atoms with Gasteiger partial charge in [-0.2, -0.15) is 5.26 Å². The molecule has 0 aromatic carbocycles. The maximum absolute atomic E-state index is 9.27. The third-order valence-corrected chi connectivity index (χ3v) is 4.17. The first kappa shape index (κ1) is 14.5. The topological polar surface area (TPSA) is 48.7 Å². The van der Waals surface area contributed by atoms with Crippen molar-refractivity contribution in [1.82, 2.24) is 4.98 Å². The van der Waals surface area contributed by atoms with E-state index in [0.29, 0.717) is 11.4 Å². The lowest BCUT2D eigenvalue weighted by Crippen LogP contribution is -2.19. The summed E-state index contributed by atoms with van der Waals surface area (Å²) < 4.78 is 0. The molecule has 2 rings (SSSR count). The molecule has 1 atom stereocenters. The standard InChI is InChI=1S/C16H19N3S/c1-10-7-11(2)18-16(15(10)9-17)19-12(3)8-14-6-5-13(4)20-14/h5-7,12H,8H2,1-4H3,(H,18,19). The molecule has 20 heavy (non-hydrogen) atoms. The van der Waals surface area contributed by atoms with E-state index in [-0.39, 0.29) is 6.04 Å². The van der Waals surface area contributed by atoms with Crippen molar-refractivity contribution in [2.45, 2.75) is 40.2 Å². The molecule has 2 aromatic heterocycles. The SMILES string of the molecule is Cc1cc(C)c(C#N)c(NC(C)Cc2ccc(C)s2)n1. The summed E-state index contributed by atoms with van der Waals surface area (Å²) in [6.07, 6.45) is 0.943.